The Morgan fingerprint density at radius 1 is 1.08 bits per heavy atom. The van der Waals surface area contributed by atoms with E-state index in [0.29, 0.717) is 30.8 Å². The molecule has 1 N–H and O–H groups in total. The van der Waals surface area contributed by atoms with Crippen LogP contribution >= 0.6 is 0 Å². The van der Waals surface area contributed by atoms with Crippen molar-refractivity contribution in [1.29, 1.82) is 0 Å². The molecule has 1 aromatic heterocycles. The van der Waals surface area contributed by atoms with E-state index in [-0.39, 0.29) is 40.2 Å². The lowest BCUT2D eigenvalue weighted by Gasteiger charge is -2.33. The summed E-state index contributed by atoms with van der Waals surface area (Å²) in [6, 6.07) is 9.42. The quantitative estimate of drug-likeness (QED) is 0.455. The SMILES string of the molecule is COc1c(CN2CCC(n3ccc(C(=O)O)c(C)c3=O)CC2)cc(C2CC2)c(-c2ccc(F)cc2)c1F. The van der Waals surface area contributed by atoms with E-state index in [0.717, 1.165) is 36.8 Å². The van der Waals surface area contributed by atoms with Crippen LogP contribution in [0.25, 0.3) is 11.1 Å². The molecule has 1 aliphatic heterocycles. The van der Waals surface area contributed by atoms with E-state index in [1.807, 2.05) is 6.07 Å². The number of nitrogens with zero attached hydrogens (tertiary/aromatic N) is 2. The third-order valence-corrected chi connectivity index (χ3v) is 7.62. The van der Waals surface area contributed by atoms with Crippen LogP contribution in [-0.4, -0.2) is 40.7 Å². The Labute approximate surface area is 214 Å². The molecule has 6 nitrogen and oxygen atoms in total. The van der Waals surface area contributed by atoms with Crippen LogP contribution < -0.4 is 10.3 Å². The Bertz CT molecular complexity index is 1390. The maximum atomic E-state index is 15.9. The van der Waals surface area contributed by atoms with Crippen LogP contribution in [0.2, 0.25) is 0 Å². The van der Waals surface area contributed by atoms with Crippen LogP contribution in [0.1, 0.15) is 64.7 Å². The van der Waals surface area contributed by atoms with Crippen molar-refractivity contribution in [2.75, 3.05) is 20.2 Å². The third-order valence-electron chi connectivity index (χ3n) is 7.62. The molecule has 0 radical (unpaired) electrons. The number of benzene rings is 2. The number of hydrogen-bond acceptors (Lipinski definition) is 4. The normalized spacial score (nSPS) is 16.6. The Balaban J connectivity index is 1.37. The second-order valence-corrected chi connectivity index (χ2v) is 10.0. The number of aromatic nitrogens is 1. The summed E-state index contributed by atoms with van der Waals surface area (Å²) in [7, 11) is 1.47. The Hall–Kier alpha value is -3.52. The zero-order chi connectivity index (χ0) is 26.3. The smallest absolute Gasteiger partial charge is 0.336 e. The van der Waals surface area contributed by atoms with Crippen molar-refractivity contribution < 1.29 is 23.4 Å². The lowest BCUT2D eigenvalue weighted by atomic mass is 9.92. The van der Waals surface area contributed by atoms with Gasteiger partial charge in [0.2, 0.25) is 0 Å². The second kappa shape index (κ2) is 10.1. The lowest BCUT2D eigenvalue weighted by Crippen LogP contribution is -2.38. The van der Waals surface area contributed by atoms with Crippen molar-refractivity contribution in [2.45, 2.75) is 51.1 Å². The highest BCUT2D eigenvalue weighted by Gasteiger charge is 2.32. The highest BCUT2D eigenvalue weighted by Crippen LogP contribution is 2.48. The summed E-state index contributed by atoms with van der Waals surface area (Å²) in [5.74, 6) is -1.38. The minimum Gasteiger partial charge on any atom is -0.493 e. The average Bonchev–Trinajstić information content (AvgIpc) is 3.72. The van der Waals surface area contributed by atoms with Gasteiger partial charge in [-0.2, -0.15) is 0 Å². The number of carboxylic acids is 1. The second-order valence-electron chi connectivity index (χ2n) is 10.0. The summed E-state index contributed by atoms with van der Waals surface area (Å²) in [6.07, 6.45) is 5.02. The van der Waals surface area contributed by atoms with Crippen LogP contribution in [0.4, 0.5) is 8.78 Å². The summed E-state index contributed by atoms with van der Waals surface area (Å²) in [5.41, 5.74) is 2.85. The van der Waals surface area contributed by atoms with Crippen molar-refractivity contribution in [1.82, 2.24) is 9.47 Å². The van der Waals surface area contributed by atoms with Crippen LogP contribution in [0.15, 0.2) is 47.4 Å². The predicted molar refractivity (Wildman–Crippen MR) is 136 cm³/mol. The van der Waals surface area contributed by atoms with Crippen molar-refractivity contribution in [2.24, 2.45) is 0 Å². The molecular formula is C29H30F2N2O4. The van der Waals surface area contributed by atoms with Gasteiger partial charge in [0.1, 0.15) is 5.82 Å². The lowest BCUT2D eigenvalue weighted by molar-refractivity contribution is 0.0695. The molecule has 2 aliphatic rings. The third kappa shape index (κ3) is 4.90. The van der Waals surface area contributed by atoms with E-state index in [2.05, 4.69) is 4.90 Å². The molecule has 194 valence electrons. The molecule has 2 heterocycles. The number of rotatable bonds is 7. The predicted octanol–water partition coefficient (Wildman–Crippen LogP) is 5.52. The van der Waals surface area contributed by atoms with Gasteiger partial charge in [-0.15, -0.1) is 0 Å². The minimum atomic E-state index is -1.10. The molecule has 3 aromatic rings. The van der Waals surface area contributed by atoms with Crippen LogP contribution in [0.3, 0.4) is 0 Å². The molecule has 1 saturated carbocycles. The number of carbonyl (C=O) groups is 1. The van der Waals surface area contributed by atoms with E-state index in [1.54, 1.807) is 29.8 Å². The highest BCUT2D eigenvalue weighted by atomic mass is 19.1. The number of piperidine rings is 1. The Kier molecular flexibility index (Phi) is 6.86. The fourth-order valence-electron chi connectivity index (χ4n) is 5.44. The van der Waals surface area contributed by atoms with Gasteiger partial charge in [0.15, 0.2) is 11.6 Å². The minimum absolute atomic E-state index is 0.0215. The monoisotopic (exact) mass is 508 g/mol. The van der Waals surface area contributed by atoms with Gasteiger partial charge in [-0.25, -0.2) is 13.6 Å². The van der Waals surface area contributed by atoms with E-state index in [4.69, 9.17) is 4.74 Å². The van der Waals surface area contributed by atoms with Gasteiger partial charge in [-0.1, -0.05) is 12.1 Å². The first-order valence-corrected chi connectivity index (χ1v) is 12.6. The molecule has 0 spiro atoms. The van der Waals surface area contributed by atoms with Crippen molar-refractivity contribution >= 4 is 5.97 Å². The number of ether oxygens (including phenoxy) is 1. The summed E-state index contributed by atoms with van der Waals surface area (Å²) in [4.78, 5) is 26.3. The van der Waals surface area contributed by atoms with Gasteiger partial charge in [-0.05, 0) is 73.9 Å². The first-order valence-electron chi connectivity index (χ1n) is 12.6. The molecule has 0 bridgehead atoms. The first kappa shape index (κ1) is 25.1. The van der Waals surface area contributed by atoms with E-state index >= 15 is 4.39 Å². The first-order chi connectivity index (χ1) is 17.8. The van der Waals surface area contributed by atoms with Gasteiger partial charge >= 0.3 is 5.97 Å². The van der Waals surface area contributed by atoms with E-state index < -0.39 is 11.8 Å². The van der Waals surface area contributed by atoms with Gasteiger partial charge < -0.3 is 14.4 Å². The number of carboxylic acid groups (broad SMARTS) is 1. The van der Waals surface area contributed by atoms with Crippen molar-refractivity contribution in [3.8, 4) is 16.9 Å². The maximum Gasteiger partial charge on any atom is 0.336 e. The van der Waals surface area contributed by atoms with Gasteiger partial charge in [0, 0.05) is 48.6 Å². The molecule has 37 heavy (non-hydrogen) atoms. The summed E-state index contributed by atoms with van der Waals surface area (Å²) in [5, 5.41) is 9.27. The van der Waals surface area contributed by atoms with Crippen LogP contribution in [0.5, 0.6) is 5.75 Å². The fourth-order valence-corrected chi connectivity index (χ4v) is 5.44. The van der Waals surface area contributed by atoms with E-state index in [9.17, 15) is 19.1 Å². The van der Waals surface area contributed by atoms with Gasteiger partial charge in [0.05, 0.1) is 12.7 Å². The molecule has 2 aromatic carbocycles. The number of likely N-dealkylation sites (tertiary alicyclic amines) is 1. The number of pyridine rings is 1. The number of aromatic carboxylic acids is 1. The standard InChI is InChI=1S/C29H30F2N2O4/c1-17-23(29(35)36)11-14-33(28(17)34)22-9-12-32(13-10-22)16-20-15-24(18-3-4-18)25(26(31)27(20)37-2)19-5-7-21(30)8-6-19/h5-8,11,14-15,18,22H,3-4,9-10,12-13,16H2,1-2H3,(H,35,36). The molecule has 0 amide bonds. The summed E-state index contributed by atoms with van der Waals surface area (Å²) >= 11 is 0. The Morgan fingerprint density at radius 3 is 2.35 bits per heavy atom. The summed E-state index contributed by atoms with van der Waals surface area (Å²) < 4.78 is 36.5. The van der Waals surface area contributed by atoms with Gasteiger partial charge in [0.25, 0.3) is 5.56 Å². The highest BCUT2D eigenvalue weighted by molar-refractivity contribution is 5.89. The molecule has 8 heteroatoms. The van der Waals surface area contributed by atoms with Crippen molar-refractivity contribution in [3.63, 3.8) is 0 Å². The summed E-state index contributed by atoms with van der Waals surface area (Å²) in [6.45, 7) is 3.48. The molecular weight excluding hydrogens is 478 g/mol. The molecule has 1 saturated heterocycles. The van der Waals surface area contributed by atoms with Crippen LogP contribution in [-0.2, 0) is 6.54 Å². The van der Waals surface area contributed by atoms with Crippen molar-refractivity contribution in [3.05, 3.63) is 86.8 Å². The average molecular weight is 509 g/mol. The molecule has 1 aliphatic carbocycles. The molecule has 5 rings (SSSR count). The largest absolute Gasteiger partial charge is 0.493 e. The number of halogens is 2. The zero-order valence-corrected chi connectivity index (χ0v) is 21.0. The van der Waals surface area contributed by atoms with Crippen LogP contribution in [0, 0.1) is 18.6 Å². The molecule has 0 unspecified atom stereocenters. The zero-order valence-electron chi connectivity index (χ0n) is 21.0. The topological polar surface area (TPSA) is 71.8 Å². The van der Waals surface area contributed by atoms with E-state index in [1.165, 1.54) is 25.3 Å². The number of methoxy groups -OCH3 is 1. The Morgan fingerprint density at radius 2 is 1.76 bits per heavy atom. The van der Waals surface area contributed by atoms with Gasteiger partial charge in [-0.3, -0.25) is 9.69 Å². The molecule has 2 fully saturated rings. The molecule has 0 atom stereocenters. The maximum absolute atomic E-state index is 15.9. The fraction of sp³-hybridized carbons (Fsp3) is 0.379. The number of hydrogen-bond donors (Lipinski definition) is 1.